The molecule has 1 fully saturated rings. The molecule has 1 aromatic carbocycles. The molecule has 1 aliphatic rings. The minimum absolute atomic E-state index is 0.115. The number of pyridine rings is 1. The average Bonchev–Trinajstić information content (AvgIpc) is 3.44. The Kier molecular flexibility index (Phi) is 5.28. The number of hydrogen-bond donors (Lipinski definition) is 1. The van der Waals surface area contributed by atoms with Crippen molar-refractivity contribution in [2.24, 2.45) is 5.41 Å². The van der Waals surface area contributed by atoms with Gasteiger partial charge in [-0.2, -0.15) is 0 Å². The van der Waals surface area contributed by atoms with Crippen LogP contribution in [0.25, 0.3) is 0 Å². The second kappa shape index (κ2) is 7.46. The Morgan fingerprint density at radius 3 is 2.54 bits per heavy atom. The number of halogens is 1. The average molecular weight is 372 g/mol. The fraction of sp³-hybridized carbons (Fsp3) is 0.350. The summed E-state index contributed by atoms with van der Waals surface area (Å²) in [5, 5.41) is 3.52. The zero-order valence-electron chi connectivity index (χ0n) is 15.0. The molecule has 2 amide bonds. The van der Waals surface area contributed by atoms with E-state index in [2.05, 4.69) is 10.3 Å². The van der Waals surface area contributed by atoms with Crippen molar-refractivity contribution in [3.8, 4) is 0 Å². The summed E-state index contributed by atoms with van der Waals surface area (Å²) in [5.74, 6) is -0.348. The van der Waals surface area contributed by atoms with Crippen LogP contribution in [-0.2, 0) is 16.0 Å². The summed E-state index contributed by atoms with van der Waals surface area (Å²) < 4.78 is 0. The number of nitrogens with one attached hydrogen (secondary N) is 1. The van der Waals surface area contributed by atoms with Gasteiger partial charge in [0.25, 0.3) is 0 Å². The Balaban J connectivity index is 1.63. The number of hydrogen-bond acceptors (Lipinski definition) is 3. The summed E-state index contributed by atoms with van der Waals surface area (Å²) in [5.41, 5.74) is 1.75. The van der Waals surface area contributed by atoms with Crippen molar-refractivity contribution >= 4 is 29.1 Å². The zero-order valence-corrected chi connectivity index (χ0v) is 15.7. The molecule has 2 aromatic rings. The highest BCUT2D eigenvalue weighted by Gasteiger charge is 2.57. The van der Waals surface area contributed by atoms with Crippen molar-refractivity contribution in [1.82, 2.24) is 9.88 Å². The van der Waals surface area contributed by atoms with E-state index in [-0.39, 0.29) is 11.8 Å². The summed E-state index contributed by atoms with van der Waals surface area (Å²) in [6, 6.07) is 9.15. The van der Waals surface area contributed by atoms with E-state index in [1.165, 1.54) is 0 Å². The number of aryl methyl sites for hydroxylation is 1. The summed E-state index contributed by atoms with van der Waals surface area (Å²) in [6.45, 7) is 2.45. The first-order valence-electron chi connectivity index (χ1n) is 8.64. The van der Waals surface area contributed by atoms with Crippen LogP contribution in [0.1, 0.15) is 24.0 Å². The molecule has 0 radical (unpaired) electrons. The van der Waals surface area contributed by atoms with Crippen LogP contribution in [0.3, 0.4) is 0 Å². The lowest BCUT2D eigenvalue weighted by atomic mass is 10.0. The molecule has 6 heteroatoms. The lowest BCUT2D eigenvalue weighted by molar-refractivity contribution is -0.141. The number of amides is 2. The van der Waals surface area contributed by atoms with Crippen LogP contribution < -0.4 is 5.32 Å². The van der Waals surface area contributed by atoms with Crippen LogP contribution >= 0.6 is 11.6 Å². The highest BCUT2D eigenvalue weighted by Crippen LogP contribution is 2.48. The maximum absolute atomic E-state index is 12.9. The molecule has 136 valence electrons. The lowest BCUT2D eigenvalue weighted by Crippen LogP contribution is -2.41. The molecule has 1 heterocycles. The monoisotopic (exact) mass is 371 g/mol. The highest BCUT2D eigenvalue weighted by molar-refractivity contribution is 6.30. The summed E-state index contributed by atoms with van der Waals surface area (Å²) in [4.78, 5) is 31.3. The van der Waals surface area contributed by atoms with Gasteiger partial charge in [0.2, 0.25) is 11.8 Å². The Bertz CT molecular complexity index is 819. The first-order valence-corrected chi connectivity index (χ1v) is 9.02. The van der Waals surface area contributed by atoms with Gasteiger partial charge >= 0.3 is 0 Å². The molecule has 0 aliphatic heterocycles. The van der Waals surface area contributed by atoms with Crippen molar-refractivity contribution in [2.75, 3.05) is 18.9 Å². The quantitative estimate of drug-likeness (QED) is 0.791. The van der Waals surface area contributed by atoms with Gasteiger partial charge in [-0.05, 0) is 67.6 Å². The van der Waals surface area contributed by atoms with Crippen LogP contribution in [0.4, 0.5) is 5.69 Å². The standard InChI is InChI=1S/C20H22ClN3O2/c1-14-13-16(21)3-4-17(14)23-18(25)20(8-9-20)19(26)24(2)12-7-15-5-10-22-11-6-15/h3-6,10-11,13H,7-9,12H2,1-2H3,(H,23,25). The number of carbonyl (C=O) groups excluding carboxylic acids is 2. The largest absolute Gasteiger partial charge is 0.344 e. The lowest BCUT2D eigenvalue weighted by Gasteiger charge is -2.23. The van der Waals surface area contributed by atoms with Gasteiger partial charge < -0.3 is 10.2 Å². The molecule has 0 atom stereocenters. The number of aromatic nitrogens is 1. The third-order valence-corrected chi connectivity index (χ3v) is 5.10. The summed E-state index contributed by atoms with van der Waals surface area (Å²) in [6.07, 6.45) is 5.38. The van der Waals surface area contributed by atoms with Crippen molar-refractivity contribution in [1.29, 1.82) is 0 Å². The van der Waals surface area contributed by atoms with Crippen LogP contribution in [0, 0.1) is 12.3 Å². The second-order valence-electron chi connectivity index (χ2n) is 6.83. The smallest absolute Gasteiger partial charge is 0.240 e. The Morgan fingerprint density at radius 2 is 1.92 bits per heavy atom. The minimum Gasteiger partial charge on any atom is -0.344 e. The van der Waals surface area contributed by atoms with E-state index in [4.69, 9.17) is 11.6 Å². The van der Waals surface area contributed by atoms with E-state index in [9.17, 15) is 9.59 Å². The molecule has 1 aromatic heterocycles. The highest BCUT2D eigenvalue weighted by atomic mass is 35.5. The van der Waals surface area contributed by atoms with E-state index < -0.39 is 5.41 Å². The molecular formula is C20H22ClN3O2. The summed E-state index contributed by atoms with van der Waals surface area (Å²) >= 11 is 5.96. The van der Waals surface area contributed by atoms with Crippen LogP contribution in [-0.4, -0.2) is 35.3 Å². The van der Waals surface area contributed by atoms with E-state index in [1.54, 1.807) is 42.5 Å². The molecule has 0 saturated heterocycles. The van der Waals surface area contributed by atoms with Crippen molar-refractivity contribution in [3.05, 3.63) is 58.9 Å². The molecule has 1 saturated carbocycles. The van der Waals surface area contributed by atoms with E-state index in [1.807, 2.05) is 19.1 Å². The van der Waals surface area contributed by atoms with Gasteiger partial charge in [0.05, 0.1) is 0 Å². The van der Waals surface area contributed by atoms with Crippen molar-refractivity contribution in [2.45, 2.75) is 26.2 Å². The second-order valence-corrected chi connectivity index (χ2v) is 7.26. The van der Waals surface area contributed by atoms with Crippen molar-refractivity contribution < 1.29 is 9.59 Å². The number of anilines is 1. The van der Waals surface area contributed by atoms with E-state index >= 15 is 0 Å². The van der Waals surface area contributed by atoms with Gasteiger partial charge in [-0.3, -0.25) is 14.6 Å². The van der Waals surface area contributed by atoms with Gasteiger partial charge in [-0.1, -0.05) is 11.6 Å². The predicted molar refractivity (Wildman–Crippen MR) is 102 cm³/mol. The number of nitrogens with zero attached hydrogens (tertiary/aromatic N) is 2. The van der Waals surface area contributed by atoms with Crippen LogP contribution in [0.15, 0.2) is 42.7 Å². The van der Waals surface area contributed by atoms with Crippen molar-refractivity contribution in [3.63, 3.8) is 0 Å². The topological polar surface area (TPSA) is 62.3 Å². The normalized spacial score (nSPS) is 14.6. The third kappa shape index (κ3) is 3.88. The molecule has 5 nitrogen and oxygen atoms in total. The number of rotatable bonds is 6. The van der Waals surface area contributed by atoms with Gasteiger partial charge in [-0.15, -0.1) is 0 Å². The molecular weight excluding hydrogens is 350 g/mol. The molecule has 1 aliphatic carbocycles. The number of benzene rings is 1. The maximum Gasteiger partial charge on any atom is 0.240 e. The first kappa shape index (κ1) is 18.4. The molecule has 0 spiro atoms. The first-order chi connectivity index (χ1) is 12.4. The molecule has 0 unspecified atom stereocenters. The molecule has 26 heavy (non-hydrogen) atoms. The van der Waals surface area contributed by atoms with Gasteiger partial charge in [-0.25, -0.2) is 0 Å². The third-order valence-electron chi connectivity index (χ3n) is 4.86. The molecule has 1 N–H and O–H groups in total. The SMILES string of the molecule is Cc1cc(Cl)ccc1NC(=O)C1(C(=O)N(C)CCc2ccncc2)CC1. The Hall–Kier alpha value is -2.40. The van der Waals surface area contributed by atoms with Crippen LogP contribution in [0.2, 0.25) is 5.02 Å². The van der Waals surface area contributed by atoms with Gasteiger partial charge in [0, 0.05) is 36.7 Å². The Labute approximate surface area is 158 Å². The fourth-order valence-corrected chi connectivity index (χ4v) is 3.21. The Morgan fingerprint density at radius 1 is 1.23 bits per heavy atom. The number of likely N-dealkylation sites (N-methyl/N-ethyl adjacent to an activating group) is 1. The molecule has 3 rings (SSSR count). The van der Waals surface area contributed by atoms with E-state index in [0.717, 1.165) is 17.5 Å². The molecule has 0 bridgehead atoms. The zero-order chi connectivity index (χ0) is 18.7. The fourth-order valence-electron chi connectivity index (χ4n) is 2.99. The van der Waals surface area contributed by atoms with Crippen LogP contribution in [0.5, 0.6) is 0 Å². The van der Waals surface area contributed by atoms with Gasteiger partial charge in [0.15, 0.2) is 0 Å². The maximum atomic E-state index is 12.9. The summed E-state index contributed by atoms with van der Waals surface area (Å²) in [7, 11) is 1.75. The predicted octanol–water partition coefficient (Wildman–Crippen LogP) is 3.46. The van der Waals surface area contributed by atoms with Gasteiger partial charge in [0.1, 0.15) is 5.41 Å². The van der Waals surface area contributed by atoms with E-state index in [0.29, 0.717) is 30.1 Å². The number of carbonyl (C=O) groups is 2. The minimum atomic E-state index is -0.931.